The molecule has 0 aliphatic carbocycles. The van der Waals surface area contributed by atoms with Crippen molar-refractivity contribution < 1.29 is 14.3 Å². The van der Waals surface area contributed by atoms with Crippen LogP contribution in [0.2, 0.25) is 0 Å². The van der Waals surface area contributed by atoms with E-state index in [-0.39, 0.29) is 6.10 Å². The van der Waals surface area contributed by atoms with Gasteiger partial charge in [-0.2, -0.15) is 0 Å². The van der Waals surface area contributed by atoms with Gasteiger partial charge in [0.05, 0.1) is 12.3 Å². The molecule has 4 nitrogen and oxygen atoms in total. The van der Waals surface area contributed by atoms with Gasteiger partial charge < -0.3 is 9.47 Å². The van der Waals surface area contributed by atoms with Gasteiger partial charge in [0.2, 0.25) is 0 Å². The molecule has 1 atom stereocenters. The quantitative estimate of drug-likeness (QED) is 0.847. The van der Waals surface area contributed by atoms with E-state index in [1.807, 2.05) is 51.1 Å². The molecule has 0 fully saturated rings. The minimum Gasteiger partial charge on any atom is -0.443 e. The van der Waals surface area contributed by atoms with Crippen LogP contribution in [0.3, 0.4) is 0 Å². The highest BCUT2D eigenvalue weighted by Gasteiger charge is 2.29. The van der Waals surface area contributed by atoms with Gasteiger partial charge in [-0.05, 0) is 32.4 Å². The fourth-order valence-corrected chi connectivity index (χ4v) is 1.91. The van der Waals surface area contributed by atoms with Crippen molar-refractivity contribution in [2.24, 2.45) is 0 Å². The van der Waals surface area contributed by atoms with Crippen molar-refractivity contribution in [3.63, 3.8) is 0 Å². The minimum atomic E-state index is -0.534. The number of hydrogen-bond acceptors (Lipinski definition) is 3. The monoisotopic (exact) mass is 287 g/mol. The molecule has 1 aliphatic rings. The van der Waals surface area contributed by atoms with E-state index in [1.54, 1.807) is 12.3 Å². The zero-order valence-corrected chi connectivity index (χ0v) is 12.7. The van der Waals surface area contributed by atoms with Gasteiger partial charge in [0.15, 0.2) is 0 Å². The first-order valence-corrected chi connectivity index (χ1v) is 6.92. The first-order chi connectivity index (χ1) is 9.87. The largest absolute Gasteiger partial charge is 0.443 e. The van der Waals surface area contributed by atoms with Crippen LogP contribution in [0.1, 0.15) is 26.3 Å². The summed E-state index contributed by atoms with van der Waals surface area (Å²) < 4.78 is 11.1. The molecule has 2 rings (SSSR count). The lowest BCUT2D eigenvalue weighted by molar-refractivity contribution is 0.0334. The van der Waals surface area contributed by atoms with Crippen LogP contribution in [0.25, 0.3) is 0 Å². The van der Waals surface area contributed by atoms with Crippen LogP contribution in [-0.2, 0) is 16.1 Å². The molecule has 0 bridgehead atoms. The average Bonchev–Trinajstić information content (AvgIpc) is 2.77. The lowest BCUT2D eigenvalue weighted by Crippen LogP contribution is -2.33. The summed E-state index contributed by atoms with van der Waals surface area (Å²) in [5.41, 5.74) is 1.11. The molecule has 0 spiro atoms. The van der Waals surface area contributed by atoms with Gasteiger partial charge in [-0.15, -0.1) is 0 Å². The van der Waals surface area contributed by atoms with Crippen molar-refractivity contribution in [1.82, 2.24) is 4.90 Å². The van der Waals surface area contributed by atoms with Crippen molar-refractivity contribution in [1.29, 1.82) is 0 Å². The van der Waals surface area contributed by atoms with E-state index in [1.165, 1.54) is 4.90 Å². The maximum atomic E-state index is 12.0. The smallest absolute Gasteiger partial charge is 0.418 e. The van der Waals surface area contributed by atoms with Crippen LogP contribution < -0.4 is 0 Å². The van der Waals surface area contributed by atoms with E-state index in [0.29, 0.717) is 12.3 Å². The van der Waals surface area contributed by atoms with Gasteiger partial charge in [0.1, 0.15) is 11.7 Å². The molecule has 1 aromatic carbocycles. The molecule has 0 aromatic heterocycles. The molecule has 112 valence electrons. The molecule has 4 heteroatoms. The number of nitrogens with zero attached hydrogens (tertiary/aromatic N) is 1. The third-order valence-corrected chi connectivity index (χ3v) is 2.91. The highest BCUT2D eigenvalue weighted by molar-refractivity contribution is 5.73. The van der Waals surface area contributed by atoms with Crippen molar-refractivity contribution in [3.8, 4) is 0 Å². The molecule has 1 amide bonds. The number of hydrogen-bond donors (Lipinski definition) is 0. The summed E-state index contributed by atoms with van der Waals surface area (Å²) >= 11 is 0. The zero-order chi connectivity index (χ0) is 15.5. The summed E-state index contributed by atoms with van der Waals surface area (Å²) in [7, 11) is 0. The van der Waals surface area contributed by atoms with Gasteiger partial charge in [0, 0.05) is 6.20 Å². The standard InChI is InChI=1S/C17H21NO3/c1-13-15(20-12-14-8-6-5-7-9-14)10-11-18(13)16(19)21-17(2,3)4/h5-11,15H,1,12H2,2-4H3. The molecule has 21 heavy (non-hydrogen) atoms. The Bertz CT molecular complexity index is 543. The predicted octanol–water partition coefficient (Wildman–Crippen LogP) is 3.85. The number of ether oxygens (including phenoxy) is 2. The van der Waals surface area contributed by atoms with Gasteiger partial charge >= 0.3 is 6.09 Å². The van der Waals surface area contributed by atoms with E-state index in [2.05, 4.69) is 6.58 Å². The van der Waals surface area contributed by atoms with Crippen molar-refractivity contribution in [2.45, 2.75) is 39.1 Å². The molecule has 0 N–H and O–H groups in total. The Labute approximate surface area is 125 Å². The van der Waals surface area contributed by atoms with Crippen LogP contribution >= 0.6 is 0 Å². The van der Waals surface area contributed by atoms with Gasteiger partial charge in [-0.1, -0.05) is 36.9 Å². The van der Waals surface area contributed by atoms with E-state index >= 15 is 0 Å². The van der Waals surface area contributed by atoms with Crippen molar-refractivity contribution in [2.75, 3.05) is 0 Å². The minimum absolute atomic E-state index is 0.308. The van der Waals surface area contributed by atoms with Gasteiger partial charge in [0.25, 0.3) is 0 Å². The highest BCUT2D eigenvalue weighted by Crippen LogP contribution is 2.24. The van der Waals surface area contributed by atoms with Gasteiger partial charge in [-0.3, -0.25) is 4.90 Å². The van der Waals surface area contributed by atoms with Gasteiger partial charge in [-0.25, -0.2) is 4.79 Å². The second kappa shape index (κ2) is 6.14. The Kier molecular flexibility index (Phi) is 4.48. The summed E-state index contributed by atoms with van der Waals surface area (Å²) in [6.45, 7) is 9.88. The van der Waals surface area contributed by atoms with E-state index in [4.69, 9.17) is 9.47 Å². The Balaban J connectivity index is 1.90. The summed E-state index contributed by atoms with van der Waals surface area (Å²) in [5, 5.41) is 0. The number of rotatable bonds is 3. The highest BCUT2D eigenvalue weighted by atomic mass is 16.6. The second-order valence-electron chi connectivity index (χ2n) is 5.90. The number of benzene rings is 1. The SMILES string of the molecule is C=C1C(OCc2ccccc2)C=CN1C(=O)OC(C)(C)C. The van der Waals surface area contributed by atoms with Crippen LogP contribution in [0.4, 0.5) is 4.79 Å². The van der Waals surface area contributed by atoms with Crippen LogP contribution in [0.15, 0.2) is 54.9 Å². The van der Waals surface area contributed by atoms with Crippen LogP contribution in [-0.4, -0.2) is 22.7 Å². The Morgan fingerprint density at radius 3 is 2.57 bits per heavy atom. The molecule has 1 aliphatic heterocycles. The molecule has 0 saturated heterocycles. The third kappa shape index (κ3) is 4.20. The lowest BCUT2D eigenvalue weighted by Gasteiger charge is -2.25. The lowest BCUT2D eigenvalue weighted by atomic mass is 10.2. The topological polar surface area (TPSA) is 38.8 Å². The predicted molar refractivity (Wildman–Crippen MR) is 81.4 cm³/mol. The van der Waals surface area contributed by atoms with E-state index in [9.17, 15) is 4.79 Å². The summed E-state index contributed by atoms with van der Waals surface area (Å²) in [6, 6.07) is 9.87. The zero-order valence-electron chi connectivity index (χ0n) is 12.7. The first-order valence-electron chi connectivity index (χ1n) is 6.92. The molecule has 1 heterocycles. The number of carbonyl (C=O) groups is 1. The van der Waals surface area contributed by atoms with Crippen molar-refractivity contribution >= 4 is 6.09 Å². The Morgan fingerprint density at radius 2 is 1.95 bits per heavy atom. The maximum absolute atomic E-state index is 12.0. The maximum Gasteiger partial charge on any atom is 0.418 e. The van der Waals surface area contributed by atoms with E-state index < -0.39 is 11.7 Å². The van der Waals surface area contributed by atoms with Crippen LogP contribution in [0.5, 0.6) is 0 Å². The molecule has 1 aromatic rings. The first kappa shape index (κ1) is 15.3. The Morgan fingerprint density at radius 1 is 1.29 bits per heavy atom. The average molecular weight is 287 g/mol. The fraction of sp³-hybridized carbons (Fsp3) is 0.353. The molecule has 0 radical (unpaired) electrons. The fourth-order valence-electron chi connectivity index (χ4n) is 1.91. The molecular formula is C17H21NO3. The molecular weight excluding hydrogens is 266 g/mol. The Hall–Kier alpha value is -2.07. The summed E-state index contributed by atoms with van der Waals surface area (Å²) in [6.07, 6.45) is 2.70. The van der Waals surface area contributed by atoms with E-state index in [0.717, 1.165) is 5.56 Å². The summed E-state index contributed by atoms with van der Waals surface area (Å²) in [4.78, 5) is 13.4. The normalized spacial score (nSPS) is 18.1. The molecule has 0 saturated carbocycles. The molecule has 1 unspecified atom stereocenters. The number of carbonyl (C=O) groups excluding carboxylic acids is 1. The second-order valence-corrected chi connectivity index (χ2v) is 5.90. The third-order valence-electron chi connectivity index (χ3n) is 2.91. The van der Waals surface area contributed by atoms with Crippen LogP contribution in [0, 0.1) is 0 Å². The summed E-state index contributed by atoms with van der Waals surface area (Å²) in [5.74, 6) is 0. The van der Waals surface area contributed by atoms with Crippen molar-refractivity contribution in [3.05, 3.63) is 60.4 Å². The number of amides is 1.